The van der Waals surface area contributed by atoms with Gasteiger partial charge in [0.05, 0.1) is 10.5 Å². The van der Waals surface area contributed by atoms with Crippen LogP contribution in [0.5, 0.6) is 0 Å². The number of rotatable bonds is 4. The van der Waals surface area contributed by atoms with Crippen LogP contribution in [0.1, 0.15) is 5.56 Å². The molecule has 0 atom stereocenters. The van der Waals surface area contributed by atoms with Crippen LogP contribution < -0.4 is 0 Å². The van der Waals surface area contributed by atoms with Gasteiger partial charge in [0.2, 0.25) is 0 Å². The van der Waals surface area contributed by atoms with Gasteiger partial charge in [-0.2, -0.15) is 4.79 Å². The zero-order valence-electron chi connectivity index (χ0n) is 9.07. The molecule has 18 heavy (non-hydrogen) atoms. The maximum atomic E-state index is 11.4. The van der Waals surface area contributed by atoms with Crippen LogP contribution in [0.4, 0.5) is 5.69 Å². The number of hydrogen-bond donors (Lipinski definition) is 0. The fourth-order valence-corrected chi connectivity index (χ4v) is 1.13. The molecule has 0 aliphatic heterocycles. The summed E-state index contributed by atoms with van der Waals surface area (Å²) in [6.45, 7) is -0.259. The highest BCUT2D eigenvalue weighted by Gasteiger charge is 2.24. The van der Waals surface area contributed by atoms with Gasteiger partial charge < -0.3 is 10.3 Å². The fourth-order valence-electron chi connectivity index (χ4n) is 1.13. The second kappa shape index (κ2) is 5.94. The van der Waals surface area contributed by atoms with Gasteiger partial charge in [0.15, 0.2) is 6.61 Å². The minimum Gasteiger partial charge on any atom is -0.444 e. The Hall–Kier alpha value is -2.97. The molecule has 0 aliphatic rings. The lowest BCUT2D eigenvalue weighted by Crippen LogP contribution is -2.20. The Morgan fingerprint density at radius 2 is 2.11 bits per heavy atom. The first-order valence-corrected chi connectivity index (χ1v) is 4.67. The van der Waals surface area contributed by atoms with E-state index in [2.05, 4.69) is 15.4 Å². The molecule has 0 amide bonds. The van der Waals surface area contributed by atoms with Crippen molar-refractivity contribution in [1.29, 1.82) is 0 Å². The first kappa shape index (κ1) is 13.1. The Bertz CT molecular complexity index is 565. The number of carbonyl (C=O) groups excluding carboxylic acids is 1. The number of benzene rings is 1. The molecule has 7 heteroatoms. The lowest BCUT2D eigenvalue weighted by Gasteiger charge is -1.97. The molecule has 0 N–H and O–H groups in total. The Labute approximate surface area is 102 Å². The van der Waals surface area contributed by atoms with Crippen molar-refractivity contribution >= 4 is 17.4 Å². The molecule has 0 saturated heterocycles. The second-order valence-electron chi connectivity index (χ2n) is 3.03. The molecular weight excluding hydrogens is 238 g/mol. The molecule has 0 fully saturated rings. The minimum atomic E-state index is -0.913. The van der Waals surface area contributed by atoms with Gasteiger partial charge in [-0.25, -0.2) is 4.79 Å². The van der Waals surface area contributed by atoms with E-state index in [1.807, 2.05) is 0 Å². The van der Waals surface area contributed by atoms with Gasteiger partial charge in [0.25, 0.3) is 5.69 Å². The standard InChI is InChI=1S/C11H7N3O4/c1-2-7-18-11(15)10(13-12)8-3-5-9(6-4-8)14(16)17/h1,3-6H,7H2. The van der Waals surface area contributed by atoms with E-state index >= 15 is 0 Å². The van der Waals surface area contributed by atoms with Crippen molar-refractivity contribution in [2.24, 2.45) is 0 Å². The van der Waals surface area contributed by atoms with Crippen molar-refractivity contribution in [3.63, 3.8) is 0 Å². The van der Waals surface area contributed by atoms with Crippen LogP contribution in [-0.4, -0.2) is 28.0 Å². The highest BCUT2D eigenvalue weighted by atomic mass is 16.6. The molecule has 1 aromatic carbocycles. The number of nitrogens with zero attached hydrogens (tertiary/aromatic N) is 3. The molecule has 1 rings (SSSR count). The smallest absolute Gasteiger partial charge is 0.423 e. The average Bonchev–Trinajstić information content (AvgIpc) is 2.37. The quantitative estimate of drug-likeness (QED) is 0.149. The van der Waals surface area contributed by atoms with Crippen LogP contribution >= 0.6 is 0 Å². The maximum absolute atomic E-state index is 11.4. The van der Waals surface area contributed by atoms with Crippen molar-refractivity contribution < 1.29 is 19.2 Å². The average molecular weight is 245 g/mol. The summed E-state index contributed by atoms with van der Waals surface area (Å²) in [6.07, 6.45) is 4.91. The predicted octanol–water partition coefficient (Wildman–Crippen LogP) is 0.790. The van der Waals surface area contributed by atoms with E-state index in [0.29, 0.717) is 0 Å². The summed E-state index contributed by atoms with van der Waals surface area (Å²) in [4.78, 5) is 24.1. The summed E-state index contributed by atoms with van der Waals surface area (Å²) in [5, 5.41) is 10.4. The molecule has 7 nitrogen and oxygen atoms in total. The number of nitro benzene ring substituents is 1. The van der Waals surface area contributed by atoms with Crippen LogP contribution in [0.2, 0.25) is 0 Å². The lowest BCUT2D eigenvalue weighted by atomic mass is 10.1. The molecule has 0 heterocycles. The Morgan fingerprint density at radius 1 is 1.50 bits per heavy atom. The van der Waals surface area contributed by atoms with E-state index in [4.69, 9.17) is 12.0 Å². The third kappa shape index (κ3) is 3.01. The first-order valence-electron chi connectivity index (χ1n) is 4.67. The van der Waals surface area contributed by atoms with Crippen molar-refractivity contribution in [1.82, 2.24) is 0 Å². The number of hydrogen-bond acceptors (Lipinski definition) is 4. The van der Waals surface area contributed by atoms with Gasteiger partial charge in [0.1, 0.15) is 0 Å². The summed E-state index contributed by atoms with van der Waals surface area (Å²) in [5.41, 5.74) is 8.39. The first-order chi connectivity index (χ1) is 8.60. The second-order valence-corrected chi connectivity index (χ2v) is 3.03. The van der Waals surface area contributed by atoms with Gasteiger partial charge in [-0.05, 0) is 12.1 Å². The van der Waals surface area contributed by atoms with E-state index in [0.717, 1.165) is 0 Å². The Balaban J connectivity index is 2.98. The van der Waals surface area contributed by atoms with Gasteiger partial charge in [-0.3, -0.25) is 10.1 Å². The van der Waals surface area contributed by atoms with Crippen LogP contribution in [0.25, 0.3) is 5.53 Å². The normalized spacial score (nSPS) is 8.83. The Morgan fingerprint density at radius 3 is 2.56 bits per heavy atom. The predicted molar refractivity (Wildman–Crippen MR) is 60.6 cm³/mol. The summed E-state index contributed by atoms with van der Waals surface area (Å²) in [7, 11) is 0. The monoisotopic (exact) mass is 245 g/mol. The minimum absolute atomic E-state index is 0.145. The van der Waals surface area contributed by atoms with Crippen LogP contribution in [-0.2, 0) is 9.53 Å². The summed E-state index contributed by atoms with van der Waals surface area (Å²) < 4.78 is 4.58. The highest BCUT2D eigenvalue weighted by Crippen LogP contribution is 2.12. The van der Waals surface area contributed by atoms with Crippen LogP contribution in [0.3, 0.4) is 0 Å². The third-order valence-corrected chi connectivity index (χ3v) is 1.93. The van der Waals surface area contributed by atoms with Gasteiger partial charge in [-0.15, -0.1) is 6.42 Å². The summed E-state index contributed by atoms with van der Waals surface area (Å²) in [6, 6.07) is 4.89. The van der Waals surface area contributed by atoms with Crippen molar-refractivity contribution in [2.45, 2.75) is 0 Å². The molecule has 0 aromatic heterocycles. The number of non-ortho nitro benzene ring substituents is 1. The number of ether oxygens (including phenoxy) is 1. The number of nitro groups is 1. The zero-order valence-corrected chi connectivity index (χ0v) is 9.07. The number of carbonyl (C=O) groups is 1. The van der Waals surface area contributed by atoms with Crippen molar-refractivity contribution in [2.75, 3.05) is 6.61 Å². The third-order valence-electron chi connectivity index (χ3n) is 1.93. The van der Waals surface area contributed by atoms with Gasteiger partial charge >= 0.3 is 11.7 Å². The number of esters is 1. The largest absolute Gasteiger partial charge is 0.444 e. The molecule has 1 aromatic rings. The molecule has 0 radical (unpaired) electrons. The highest BCUT2D eigenvalue weighted by molar-refractivity contribution is 6.40. The fraction of sp³-hybridized carbons (Fsp3) is 0.0909. The van der Waals surface area contributed by atoms with Gasteiger partial charge in [-0.1, -0.05) is 5.92 Å². The van der Waals surface area contributed by atoms with Gasteiger partial charge in [0, 0.05) is 12.1 Å². The molecule has 0 aliphatic carbocycles. The van der Waals surface area contributed by atoms with Crippen LogP contribution in [0.15, 0.2) is 24.3 Å². The lowest BCUT2D eigenvalue weighted by molar-refractivity contribution is -0.384. The zero-order chi connectivity index (χ0) is 13.5. The van der Waals surface area contributed by atoms with E-state index < -0.39 is 10.9 Å². The topological polar surface area (TPSA) is 106 Å². The Kier molecular flexibility index (Phi) is 4.32. The molecule has 0 bridgehead atoms. The molecule has 0 spiro atoms. The molecule has 0 saturated carbocycles. The van der Waals surface area contributed by atoms with Crippen LogP contribution in [0, 0.1) is 22.5 Å². The van der Waals surface area contributed by atoms with Crippen molar-refractivity contribution in [3.8, 4) is 12.3 Å². The molecule has 90 valence electrons. The van der Waals surface area contributed by atoms with E-state index in [1.54, 1.807) is 0 Å². The maximum Gasteiger partial charge on any atom is 0.423 e. The van der Waals surface area contributed by atoms with Crippen molar-refractivity contribution in [3.05, 3.63) is 45.5 Å². The molecular formula is C11H7N3O4. The van der Waals surface area contributed by atoms with E-state index in [9.17, 15) is 14.9 Å². The summed E-state index contributed by atoms with van der Waals surface area (Å²) >= 11 is 0. The van der Waals surface area contributed by atoms with E-state index in [-0.39, 0.29) is 23.6 Å². The van der Waals surface area contributed by atoms with E-state index in [1.165, 1.54) is 24.3 Å². The summed E-state index contributed by atoms with van der Waals surface area (Å²) in [5.74, 6) is 1.17. The molecule has 0 unspecified atom stereocenters. The number of terminal acetylenes is 1. The SMILES string of the molecule is C#CCOC(=O)C(=[N+]=[N-])c1ccc([N+](=O)[O-])cc1.